The minimum absolute atomic E-state index is 0.0294. The van der Waals surface area contributed by atoms with Crippen molar-refractivity contribution in [1.82, 2.24) is 24.6 Å². The summed E-state index contributed by atoms with van der Waals surface area (Å²) >= 11 is 0. The Morgan fingerprint density at radius 1 is 1.00 bits per heavy atom. The summed E-state index contributed by atoms with van der Waals surface area (Å²) in [5.41, 5.74) is 8.54. The summed E-state index contributed by atoms with van der Waals surface area (Å²) in [7, 11) is 0. The van der Waals surface area contributed by atoms with Crippen LogP contribution in [0.5, 0.6) is 11.5 Å². The zero-order valence-corrected chi connectivity index (χ0v) is 22.8. The number of piperazine rings is 1. The van der Waals surface area contributed by atoms with E-state index in [-0.39, 0.29) is 11.3 Å². The molecule has 1 saturated carbocycles. The van der Waals surface area contributed by atoms with Crippen molar-refractivity contribution in [3.63, 3.8) is 0 Å². The van der Waals surface area contributed by atoms with Crippen molar-refractivity contribution >= 4 is 22.8 Å². The van der Waals surface area contributed by atoms with Gasteiger partial charge in [-0.3, -0.25) is 4.79 Å². The number of nitrogens with zero attached hydrogens (tertiary/aromatic N) is 6. The van der Waals surface area contributed by atoms with E-state index in [4.69, 9.17) is 15.2 Å². The Morgan fingerprint density at radius 3 is 2.52 bits per heavy atom. The second-order valence-corrected chi connectivity index (χ2v) is 10.6. The minimum Gasteiger partial charge on any atom is -0.494 e. The van der Waals surface area contributed by atoms with Crippen LogP contribution in [0, 0.1) is 5.41 Å². The highest BCUT2D eigenvalue weighted by atomic mass is 16.5. The average Bonchev–Trinajstić information content (AvgIpc) is 3.68. The van der Waals surface area contributed by atoms with Crippen LogP contribution in [0.15, 0.2) is 61.1 Å². The molecule has 2 N–H and O–H groups in total. The molecule has 2 aliphatic rings. The number of benzene rings is 2. The normalized spacial score (nSPS) is 16.2. The molecule has 2 aromatic heterocycles. The number of carbonyl (C=O) groups is 1. The van der Waals surface area contributed by atoms with Gasteiger partial charge in [0, 0.05) is 43.7 Å². The molecule has 10 heteroatoms. The van der Waals surface area contributed by atoms with Crippen LogP contribution in [0.25, 0.3) is 11.0 Å². The standard InChI is InChI=1S/C30H35N7O3/c1-2-39-25-5-3-4-22(16-25)18-37-28-26(17-34-37)27(32-21-33-28)35-12-14-36(15-13-35)29(38)23-6-8-24(9-7-23)40-20-30(19-31)10-11-30/h3-9,16-17,21H,2,10-15,18-20,31H2,1H3. The van der Waals surface area contributed by atoms with Crippen LogP contribution in [0.1, 0.15) is 35.7 Å². The number of carbonyl (C=O) groups excluding carboxylic acids is 1. The fourth-order valence-electron chi connectivity index (χ4n) is 5.14. The lowest BCUT2D eigenvalue weighted by atomic mass is 10.1. The molecule has 0 radical (unpaired) electrons. The molecule has 0 spiro atoms. The zero-order chi connectivity index (χ0) is 27.5. The summed E-state index contributed by atoms with van der Waals surface area (Å²) in [6, 6.07) is 15.5. The van der Waals surface area contributed by atoms with Crippen molar-refractivity contribution in [3.05, 3.63) is 72.2 Å². The summed E-state index contributed by atoms with van der Waals surface area (Å²) in [5, 5.41) is 5.52. The number of fused-ring (bicyclic) bond motifs is 1. The number of rotatable bonds is 10. The second-order valence-electron chi connectivity index (χ2n) is 10.6. The highest BCUT2D eigenvalue weighted by Gasteiger charge is 2.42. The molecule has 4 aromatic rings. The first-order chi connectivity index (χ1) is 19.6. The molecule has 3 heterocycles. The number of nitrogens with two attached hydrogens (primary N) is 1. The SMILES string of the molecule is CCOc1cccc(Cn2ncc3c(N4CCN(C(=O)c5ccc(OCC6(CN)CC6)cc5)CC4)ncnc32)c1. The number of amides is 1. The van der Waals surface area contributed by atoms with Crippen LogP contribution >= 0.6 is 0 Å². The van der Waals surface area contributed by atoms with Crippen molar-refractivity contribution in [3.8, 4) is 11.5 Å². The lowest BCUT2D eigenvalue weighted by Gasteiger charge is -2.35. The van der Waals surface area contributed by atoms with Crippen molar-refractivity contribution in [2.75, 3.05) is 50.8 Å². The lowest BCUT2D eigenvalue weighted by molar-refractivity contribution is 0.0746. The van der Waals surface area contributed by atoms with E-state index < -0.39 is 0 Å². The second kappa shape index (κ2) is 11.1. The van der Waals surface area contributed by atoms with Gasteiger partial charge in [-0.1, -0.05) is 12.1 Å². The molecule has 2 fully saturated rings. The molecule has 6 rings (SSSR count). The van der Waals surface area contributed by atoms with Crippen molar-refractivity contribution in [1.29, 1.82) is 0 Å². The Morgan fingerprint density at radius 2 is 1.80 bits per heavy atom. The van der Waals surface area contributed by atoms with Crippen molar-refractivity contribution in [2.45, 2.75) is 26.3 Å². The van der Waals surface area contributed by atoms with Gasteiger partial charge in [0.1, 0.15) is 23.6 Å². The first kappa shape index (κ1) is 26.1. The first-order valence-electron chi connectivity index (χ1n) is 13.9. The van der Waals surface area contributed by atoms with E-state index in [0.717, 1.165) is 46.8 Å². The molecule has 0 bridgehead atoms. The van der Waals surface area contributed by atoms with E-state index in [1.165, 1.54) is 0 Å². The maximum Gasteiger partial charge on any atom is 0.253 e. The third kappa shape index (κ3) is 5.44. The van der Waals surface area contributed by atoms with E-state index in [2.05, 4.69) is 26.0 Å². The Bertz CT molecular complexity index is 1470. The van der Waals surface area contributed by atoms with Crippen LogP contribution in [-0.4, -0.2) is 76.5 Å². The number of anilines is 1. The molecular formula is C30H35N7O3. The van der Waals surface area contributed by atoms with E-state index >= 15 is 0 Å². The first-order valence-corrected chi connectivity index (χ1v) is 13.9. The minimum atomic E-state index is 0.0294. The molecule has 0 atom stereocenters. The number of hydrogen-bond donors (Lipinski definition) is 1. The summed E-state index contributed by atoms with van der Waals surface area (Å²) in [5.74, 6) is 2.49. The maximum absolute atomic E-state index is 13.2. The monoisotopic (exact) mass is 541 g/mol. The van der Waals surface area contributed by atoms with Gasteiger partial charge < -0.3 is 25.0 Å². The lowest BCUT2D eigenvalue weighted by Crippen LogP contribution is -2.49. The molecule has 1 aliphatic carbocycles. The molecule has 1 saturated heterocycles. The van der Waals surface area contributed by atoms with Crippen molar-refractivity contribution < 1.29 is 14.3 Å². The molecule has 208 valence electrons. The summed E-state index contributed by atoms with van der Waals surface area (Å²) in [4.78, 5) is 26.4. The van der Waals surface area contributed by atoms with Gasteiger partial charge in [0.25, 0.3) is 5.91 Å². The summed E-state index contributed by atoms with van der Waals surface area (Å²) < 4.78 is 13.4. The van der Waals surface area contributed by atoms with Crippen LogP contribution in [0.2, 0.25) is 0 Å². The molecular weight excluding hydrogens is 506 g/mol. The topological polar surface area (TPSA) is 112 Å². The van der Waals surface area contributed by atoms with E-state index in [0.29, 0.717) is 58.0 Å². The summed E-state index contributed by atoms with van der Waals surface area (Å²) in [6.07, 6.45) is 5.67. The zero-order valence-electron chi connectivity index (χ0n) is 22.8. The third-order valence-corrected chi connectivity index (χ3v) is 7.86. The van der Waals surface area contributed by atoms with Gasteiger partial charge in [0.05, 0.1) is 31.3 Å². The Kier molecular flexibility index (Phi) is 7.25. The predicted octanol–water partition coefficient (Wildman–Crippen LogP) is 3.35. The van der Waals surface area contributed by atoms with Gasteiger partial charge in [0.2, 0.25) is 0 Å². The van der Waals surface area contributed by atoms with Gasteiger partial charge in [-0.05, 0) is 61.7 Å². The number of hydrogen-bond acceptors (Lipinski definition) is 8. The largest absolute Gasteiger partial charge is 0.494 e. The van der Waals surface area contributed by atoms with Gasteiger partial charge in [-0.15, -0.1) is 0 Å². The fourth-order valence-corrected chi connectivity index (χ4v) is 5.14. The Balaban J connectivity index is 1.08. The van der Waals surface area contributed by atoms with Gasteiger partial charge in [-0.2, -0.15) is 5.10 Å². The number of aromatic nitrogens is 4. The van der Waals surface area contributed by atoms with Crippen LogP contribution in [0.4, 0.5) is 5.82 Å². The number of ether oxygens (including phenoxy) is 2. The van der Waals surface area contributed by atoms with E-state index in [1.807, 2.05) is 65.2 Å². The molecule has 1 aliphatic heterocycles. The fraction of sp³-hybridized carbons (Fsp3) is 0.400. The Hall–Kier alpha value is -4.18. The van der Waals surface area contributed by atoms with Crippen LogP contribution < -0.4 is 20.1 Å². The molecule has 2 aromatic carbocycles. The third-order valence-electron chi connectivity index (χ3n) is 7.86. The molecule has 10 nitrogen and oxygen atoms in total. The highest BCUT2D eigenvalue weighted by molar-refractivity contribution is 5.94. The molecule has 40 heavy (non-hydrogen) atoms. The van der Waals surface area contributed by atoms with Crippen molar-refractivity contribution in [2.24, 2.45) is 11.1 Å². The Labute approximate surface area is 233 Å². The van der Waals surface area contributed by atoms with E-state index in [9.17, 15) is 4.79 Å². The maximum atomic E-state index is 13.2. The van der Waals surface area contributed by atoms with Gasteiger partial charge in [-0.25, -0.2) is 14.6 Å². The highest BCUT2D eigenvalue weighted by Crippen LogP contribution is 2.44. The van der Waals surface area contributed by atoms with Crippen LogP contribution in [0.3, 0.4) is 0 Å². The average molecular weight is 542 g/mol. The molecule has 0 unspecified atom stereocenters. The van der Waals surface area contributed by atoms with Gasteiger partial charge >= 0.3 is 0 Å². The molecule has 1 amide bonds. The smallest absolute Gasteiger partial charge is 0.253 e. The van der Waals surface area contributed by atoms with Crippen LogP contribution in [-0.2, 0) is 6.54 Å². The van der Waals surface area contributed by atoms with E-state index in [1.54, 1.807) is 6.33 Å². The summed E-state index contributed by atoms with van der Waals surface area (Å²) in [6.45, 7) is 7.06. The quantitative estimate of drug-likeness (QED) is 0.325. The predicted molar refractivity (Wildman–Crippen MR) is 153 cm³/mol. The van der Waals surface area contributed by atoms with Gasteiger partial charge in [0.15, 0.2) is 5.65 Å².